The molecule has 16 heteroatoms. The number of halogens is 2. The predicted molar refractivity (Wildman–Crippen MR) is 193 cm³/mol. The zero-order valence-corrected chi connectivity index (χ0v) is 29.1. The summed E-state index contributed by atoms with van der Waals surface area (Å²) in [5, 5.41) is 12.8. The maximum atomic E-state index is 16.6. The third-order valence-electron chi connectivity index (χ3n) is 9.72. The van der Waals surface area contributed by atoms with Crippen molar-refractivity contribution in [2.24, 2.45) is 0 Å². The van der Waals surface area contributed by atoms with Gasteiger partial charge in [0.05, 0.1) is 10.3 Å². The molecule has 1 amide bonds. The standard InChI is InChI=1S/C36H31ClFN9O4S/c37-28-6-2-4-20-3-1-5-26(30(20)28)32-31(38)33-27(15-39-32)35(46-16-23-9-10-24(17-46)41-23)44-36(43-33)51-18-29(48)42-22-11-13-25(14-12-22)52(49,50)47-19-40-34(45-47)21-7-8-21/h1-6,11-15,19,21,23-24,41H,7-10,16-18H2,(H,42,48)/t23-,24+. The van der Waals surface area contributed by atoms with Gasteiger partial charge in [0.1, 0.15) is 23.4 Å². The molecular formula is C36H31ClFN9O4S. The van der Waals surface area contributed by atoms with Crippen molar-refractivity contribution in [2.75, 3.05) is 29.9 Å². The lowest BCUT2D eigenvalue weighted by atomic mass is 10.0. The van der Waals surface area contributed by atoms with Gasteiger partial charge >= 0.3 is 6.01 Å². The van der Waals surface area contributed by atoms with E-state index in [9.17, 15) is 13.2 Å². The van der Waals surface area contributed by atoms with Crippen LogP contribution in [0.4, 0.5) is 15.9 Å². The first kappa shape index (κ1) is 32.6. The summed E-state index contributed by atoms with van der Waals surface area (Å²) in [6.45, 7) is 0.837. The number of nitrogens with one attached hydrogen (secondary N) is 2. The van der Waals surface area contributed by atoms with Gasteiger partial charge in [-0.25, -0.2) is 9.37 Å². The van der Waals surface area contributed by atoms with E-state index in [0.29, 0.717) is 51.8 Å². The van der Waals surface area contributed by atoms with Crippen molar-refractivity contribution in [1.82, 2.24) is 34.4 Å². The first-order valence-corrected chi connectivity index (χ1v) is 18.8. The molecule has 3 aliphatic rings. The number of aromatic nitrogens is 6. The zero-order chi connectivity index (χ0) is 35.6. The molecular weight excluding hydrogens is 709 g/mol. The SMILES string of the molecule is O=C(COc1nc(N2C[C@H]3CC[C@@H](C2)N3)c2cnc(-c3cccc4cccc(Cl)c34)c(F)c2n1)Nc1ccc(S(=O)(=O)n2cnc(C3CC3)n2)cc1. The molecule has 52 heavy (non-hydrogen) atoms. The van der Waals surface area contributed by atoms with Gasteiger partial charge in [-0.2, -0.15) is 18.4 Å². The molecule has 264 valence electrons. The molecule has 0 spiro atoms. The van der Waals surface area contributed by atoms with Crippen molar-refractivity contribution < 1.29 is 22.3 Å². The lowest BCUT2D eigenvalue weighted by molar-refractivity contribution is -0.118. The van der Waals surface area contributed by atoms with E-state index in [1.807, 2.05) is 24.3 Å². The third kappa shape index (κ3) is 5.97. The number of benzene rings is 3. The second-order valence-electron chi connectivity index (χ2n) is 13.3. The number of rotatable bonds is 9. The van der Waals surface area contributed by atoms with E-state index in [4.69, 9.17) is 16.3 Å². The van der Waals surface area contributed by atoms with Crippen LogP contribution in [0.5, 0.6) is 6.01 Å². The van der Waals surface area contributed by atoms with Crippen LogP contribution in [0.2, 0.25) is 5.02 Å². The number of pyridine rings is 1. The number of hydrogen-bond acceptors (Lipinski definition) is 11. The van der Waals surface area contributed by atoms with Gasteiger partial charge in [-0.1, -0.05) is 41.9 Å². The molecule has 2 N–H and O–H groups in total. The summed E-state index contributed by atoms with van der Waals surface area (Å²) in [4.78, 5) is 32.9. The molecule has 2 bridgehead atoms. The summed E-state index contributed by atoms with van der Waals surface area (Å²) in [6, 6.07) is 17.0. The number of fused-ring (bicyclic) bond motifs is 4. The molecule has 1 saturated carbocycles. The van der Waals surface area contributed by atoms with Crippen LogP contribution in [0.3, 0.4) is 0 Å². The minimum atomic E-state index is -3.95. The van der Waals surface area contributed by atoms with Gasteiger partial charge in [0.15, 0.2) is 18.2 Å². The molecule has 1 aliphatic carbocycles. The quantitative estimate of drug-likeness (QED) is 0.198. The number of carbonyl (C=O) groups excluding carboxylic acids is 1. The Bertz CT molecular complexity index is 2480. The van der Waals surface area contributed by atoms with Crippen molar-refractivity contribution in [3.63, 3.8) is 0 Å². The number of hydrogen-bond donors (Lipinski definition) is 2. The lowest BCUT2D eigenvalue weighted by Gasteiger charge is -2.34. The van der Waals surface area contributed by atoms with Crippen LogP contribution < -0.4 is 20.3 Å². The highest BCUT2D eigenvalue weighted by Crippen LogP contribution is 2.39. The van der Waals surface area contributed by atoms with Gasteiger partial charge in [0, 0.05) is 58.9 Å². The number of nitrogens with zero attached hydrogens (tertiary/aromatic N) is 7. The number of anilines is 2. The molecule has 9 rings (SSSR count). The van der Waals surface area contributed by atoms with E-state index in [1.54, 1.807) is 18.3 Å². The van der Waals surface area contributed by atoms with Crippen molar-refractivity contribution in [3.05, 3.63) is 89.9 Å². The fourth-order valence-corrected chi connectivity index (χ4v) is 8.37. The van der Waals surface area contributed by atoms with E-state index in [1.165, 1.54) is 30.6 Å². The molecule has 0 unspecified atom stereocenters. The number of ether oxygens (including phenoxy) is 1. The average molecular weight is 740 g/mol. The van der Waals surface area contributed by atoms with Crippen LogP contribution in [0.25, 0.3) is 32.9 Å². The molecule has 6 aromatic rings. The van der Waals surface area contributed by atoms with Gasteiger partial charge in [0.25, 0.3) is 15.9 Å². The molecule has 2 saturated heterocycles. The largest absolute Gasteiger partial charge is 0.453 e. The third-order valence-corrected chi connectivity index (χ3v) is 11.6. The average Bonchev–Trinajstić information content (AvgIpc) is 3.77. The van der Waals surface area contributed by atoms with Crippen LogP contribution in [-0.2, 0) is 14.8 Å². The van der Waals surface area contributed by atoms with Crippen LogP contribution in [0.1, 0.15) is 37.4 Å². The second kappa shape index (κ2) is 12.8. The number of amides is 1. The van der Waals surface area contributed by atoms with Crippen molar-refractivity contribution >= 4 is 60.7 Å². The molecule has 3 fully saturated rings. The highest BCUT2D eigenvalue weighted by atomic mass is 35.5. The summed E-state index contributed by atoms with van der Waals surface area (Å²) in [5.41, 5.74) is 0.955. The summed E-state index contributed by atoms with van der Waals surface area (Å²) in [7, 11) is -3.95. The summed E-state index contributed by atoms with van der Waals surface area (Å²) in [5.74, 6) is -0.00713. The van der Waals surface area contributed by atoms with Gasteiger partial charge < -0.3 is 20.3 Å². The zero-order valence-electron chi connectivity index (χ0n) is 27.5. The molecule has 5 heterocycles. The topological polar surface area (TPSA) is 157 Å². The Morgan fingerprint density at radius 1 is 0.981 bits per heavy atom. The van der Waals surface area contributed by atoms with Gasteiger partial charge in [-0.05, 0) is 61.4 Å². The summed E-state index contributed by atoms with van der Waals surface area (Å²) < 4.78 is 49.4. The Morgan fingerprint density at radius 3 is 2.48 bits per heavy atom. The van der Waals surface area contributed by atoms with Crippen molar-refractivity contribution in [1.29, 1.82) is 0 Å². The molecule has 13 nitrogen and oxygen atoms in total. The van der Waals surface area contributed by atoms with Crippen LogP contribution in [0.15, 0.2) is 78.1 Å². The molecule has 2 aliphatic heterocycles. The van der Waals surface area contributed by atoms with E-state index < -0.39 is 28.4 Å². The summed E-state index contributed by atoms with van der Waals surface area (Å²) >= 11 is 6.58. The van der Waals surface area contributed by atoms with Gasteiger partial charge in [-0.15, -0.1) is 9.19 Å². The smallest absolute Gasteiger partial charge is 0.319 e. The second-order valence-corrected chi connectivity index (χ2v) is 15.5. The van der Waals surface area contributed by atoms with Crippen LogP contribution >= 0.6 is 11.6 Å². The Balaban J connectivity index is 0.986. The van der Waals surface area contributed by atoms with Crippen LogP contribution in [-0.4, -0.2) is 75.2 Å². The monoisotopic (exact) mass is 739 g/mol. The Hall–Kier alpha value is -5.25. The van der Waals surface area contributed by atoms with E-state index in [-0.39, 0.29) is 40.1 Å². The minimum absolute atomic E-state index is 0.00547. The Labute approximate surface area is 302 Å². The molecule has 0 radical (unpaired) electrons. The fraction of sp³-hybridized carbons (Fsp3) is 0.278. The van der Waals surface area contributed by atoms with Crippen LogP contribution in [0, 0.1) is 5.82 Å². The number of piperazine rings is 1. The number of carbonyl (C=O) groups is 1. The highest BCUT2D eigenvalue weighted by Gasteiger charge is 2.34. The maximum Gasteiger partial charge on any atom is 0.319 e. The fourth-order valence-electron chi connectivity index (χ4n) is 7.03. The Morgan fingerprint density at radius 2 is 1.73 bits per heavy atom. The minimum Gasteiger partial charge on any atom is -0.453 e. The predicted octanol–water partition coefficient (Wildman–Crippen LogP) is 5.30. The van der Waals surface area contributed by atoms with Crippen molar-refractivity contribution in [2.45, 2.75) is 48.6 Å². The molecule has 2 atom stereocenters. The first-order valence-electron chi connectivity index (χ1n) is 17.0. The van der Waals surface area contributed by atoms with Gasteiger partial charge in [-0.3, -0.25) is 9.78 Å². The normalized spacial score (nSPS) is 18.6. The summed E-state index contributed by atoms with van der Waals surface area (Å²) in [6.07, 6.45) is 6.74. The van der Waals surface area contributed by atoms with E-state index >= 15 is 4.39 Å². The highest BCUT2D eigenvalue weighted by molar-refractivity contribution is 7.89. The van der Waals surface area contributed by atoms with E-state index in [2.05, 4.69) is 40.6 Å². The first-order chi connectivity index (χ1) is 25.2. The van der Waals surface area contributed by atoms with Gasteiger partial charge in [0.2, 0.25) is 0 Å². The van der Waals surface area contributed by atoms with E-state index in [0.717, 1.165) is 35.2 Å². The molecule has 3 aromatic carbocycles. The van der Waals surface area contributed by atoms with Crippen molar-refractivity contribution in [3.8, 4) is 17.3 Å². The maximum absolute atomic E-state index is 16.6. The molecule has 3 aromatic heterocycles. The lowest BCUT2D eigenvalue weighted by Crippen LogP contribution is -2.51. The Kier molecular flexibility index (Phi) is 8.01.